The molecular formula is C11H19BrN4. The number of hydrogen-bond acceptors (Lipinski definition) is 3. The molecule has 2 rings (SSSR count). The summed E-state index contributed by atoms with van der Waals surface area (Å²) >= 11 is 3.54. The molecule has 1 aliphatic rings. The largest absolute Gasteiger partial charge is 0.330 e. The van der Waals surface area contributed by atoms with E-state index in [1.54, 1.807) is 0 Å². The Labute approximate surface area is 105 Å². The van der Waals surface area contributed by atoms with Gasteiger partial charge in [0.05, 0.1) is 16.4 Å². The van der Waals surface area contributed by atoms with Gasteiger partial charge in [0.15, 0.2) is 0 Å². The van der Waals surface area contributed by atoms with Gasteiger partial charge in [0.1, 0.15) is 0 Å². The van der Waals surface area contributed by atoms with Crippen LogP contribution in [-0.2, 0) is 13.6 Å². The summed E-state index contributed by atoms with van der Waals surface area (Å²) in [6.07, 6.45) is 3.05. The molecule has 2 N–H and O–H groups in total. The monoisotopic (exact) mass is 286 g/mol. The van der Waals surface area contributed by atoms with E-state index < -0.39 is 0 Å². The molecule has 1 saturated heterocycles. The first-order valence-electron chi connectivity index (χ1n) is 5.63. The summed E-state index contributed by atoms with van der Waals surface area (Å²) < 4.78 is 3.03. The van der Waals surface area contributed by atoms with Gasteiger partial charge in [-0.05, 0) is 40.9 Å². The molecule has 90 valence electrons. The normalized spacial score (nSPS) is 26.5. The van der Waals surface area contributed by atoms with Crippen molar-refractivity contribution in [3.63, 3.8) is 0 Å². The van der Waals surface area contributed by atoms with E-state index in [1.165, 1.54) is 12.1 Å². The maximum atomic E-state index is 5.81. The van der Waals surface area contributed by atoms with Crippen LogP contribution in [0.25, 0.3) is 0 Å². The molecule has 1 atom stereocenters. The van der Waals surface area contributed by atoms with Gasteiger partial charge in [-0.1, -0.05) is 6.92 Å². The quantitative estimate of drug-likeness (QED) is 0.913. The van der Waals surface area contributed by atoms with Gasteiger partial charge in [-0.3, -0.25) is 9.58 Å². The highest BCUT2D eigenvalue weighted by Crippen LogP contribution is 2.30. The summed E-state index contributed by atoms with van der Waals surface area (Å²) in [5.41, 5.74) is 7.34. The lowest BCUT2D eigenvalue weighted by Gasteiger charge is -2.22. The van der Waals surface area contributed by atoms with E-state index in [-0.39, 0.29) is 0 Å². The van der Waals surface area contributed by atoms with Crippen LogP contribution in [-0.4, -0.2) is 34.3 Å². The molecule has 1 aromatic rings. The number of nitrogens with two attached hydrogens (primary N) is 1. The molecule has 0 amide bonds. The summed E-state index contributed by atoms with van der Waals surface area (Å²) in [5, 5.41) is 4.23. The second kappa shape index (κ2) is 4.47. The fourth-order valence-electron chi connectivity index (χ4n) is 2.25. The van der Waals surface area contributed by atoms with E-state index in [9.17, 15) is 0 Å². The summed E-state index contributed by atoms with van der Waals surface area (Å²) in [7, 11) is 1.98. The van der Waals surface area contributed by atoms with E-state index in [1.807, 2.05) is 17.9 Å². The van der Waals surface area contributed by atoms with E-state index in [4.69, 9.17) is 5.73 Å². The standard InChI is InChI=1S/C11H19BrN4/c1-11(7-13)3-4-16(8-11)6-10-9(12)5-14-15(10)2/h5H,3-4,6-8,13H2,1-2H3. The predicted octanol–water partition coefficient (Wildman–Crippen LogP) is 1.35. The highest BCUT2D eigenvalue weighted by atomic mass is 79.9. The van der Waals surface area contributed by atoms with Crippen molar-refractivity contribution in [2.24, 2.45) is 18.2 Å². The molecule has 4 nitrogen and oxygen atoms in total. The van der Waals surface area contributed by atoms with Crippen molar-refractivity contribution in [3.05, 3.63) is 16.4 Å². The molecule has 0 aromatic carbocycles. The Morgan fingerprint density at radius 2 is 2.38 bits per heavy atom. The highest BCUT2D eigenvalue weighted by molar-refractivity contribution is 9.10. The third-order valence-electron chi connectivity index (χ3n) is 3.51. The zero-order valence-electron chi connectivity index (χ0n) is 9.91. The topological polar surface area (TPSA) is 47.1 Å². The van der Waals surface area contributed by atoms with Crippen molar-refractivity contribution in [2.75, 3.05) is 19.6 Å². The Morgan fingerprint density at radius 1 is 1.62 bits per heavy atom. The number of aromatic nitrogens is 2. The first-order valence-corrected chi connectivity index (χ1v) is 6.42. The molecule has 1 fully saturated rings. The molecule has 0 radical (unpaired) electrons. The summed E-state index contributed by atoms with van der Waals surface area (Å²) in [6, 6.07) is 0. The van der Waals surface area contributed by atoms with Crippen LogP contribution < -0.4 is 5.73 Å². The number of likely N-dealkylation sites (tertiary alicyclic amines) is 1. The van der Waals surface area contributed by atoms with Crippen molar-refractivity contribution < 1.29 is 0 Å². The molecule has 1 aromatic heterocycles. The van der Waals surface area contributed by atoms with Gasteiger partial charge in [-0.25, -0.2) is 0 Å². The fourth-order valence-corrected chi connectivity index (χ4v) is 2.73. The van der Waals surface area contributed by atoms with Gasteiger partial charge in [0.25, 0.3) is 0 Å². The molecule has 2 heterocycles. The zero-order valence-corrected chi connectivity index (χ0v) is 11.5. The van der Waals surface area contributed by atoms with Crippen LogP contribution >= 0.6 is 15.9 Å². The van der Waals surface area contributed by atoms with E-state index in [0.717, 1.165) is 30.7 Å². The lowest BCUT2D eigenvalue weighted by atomic mass is 9.90. The lowest BCUT2D eigenvalue weighted by molar-refractivity contribution is 0.268. The van der Waals surface area contributed by atoms with Crippen LogP contribution in [0.5, 0.6) is 0 Å². The SMILES string of the molecule is Cn1ncc(Br)c1CN1CCC(C)(CN)C1. The minimum atomic E-state index is 0.297. The molecule has 0 saturated carbocycles. The Balaban J connectivity index is 2.02. The number of halogens is 1. The number of aryl methyl sites for hydroxylation is 1. The molecule has 5 heteroatoms. The highest BCUT2D eigenvalue weighted by Gasteiger charge is 2.32. The fraction of sp³-hybridized carbons (Fsp3) is 0.727. The first kappa shape index (κ1) is 12.1. The Morgan fingerprint density at radius 3 is 2.88 bits per heavy atom. The van der Waals surface area contributed by atoms with Gasteiger partial charge in [-0.2, -0.15) is 5.10 Å². The van der Waals surface area contributed by atoms with Crippen LogP contribution in [0.15, 0.2) is 10.7 Å². The predicted molar refractivity (Wildman–Crippen MR) is 68.0 cm³/mol. The average molecular weight is 287 g/mol. The summed E-state index contributed by atoms with van der Waals surface area (Å²) in [5.74, 6) is 0. The molecule has 1 unspecified atom stereocenters. The first-order chi connectivity index (χ1) is 7.54. The van der Waals surface area contributed by atoms with Crippen LogP contribution in [0.4, 0.5) is 0 Å². The maximum absolute atomic E-state index is 5.81. The lowest BCUT2D eigenvalue weighted by Crippen LogP contribution is -2.31. The van der Waals surface area contributed by atoms with E-state index >= 15 is 0 Å². The van der Waals surface area contributed by atoms with Crippen LogP contribution in [0.3, 0.4) is 0 Å². The Kier molecular flexibility index (Phi) is 3.37. The van der Waals surface area contributed by atoms with E-state index in [2.05, 4.69) is 32.9 Å². The average Bonchev–Trinajstić information content (AvgIpc) is 2.78. The van der Waals surface area contributed by atoms with E-state index in [0.29, 0.717) is 5.41 Å². The zero-order chi connectivity index (χ0) is 11.8. The van der Waals surface area contributed by atoms with Crippen LogP contribution in [0.1, 0.15) is 19.0 Å². The Hall–Kier alpha value is -0.390. The van der Waals surface area contributed by atoms with Crippen molar-refractivity contribution in [2.45, 2.75) is 19.9 Å². The molecule has 0 aliphatic carbocycles. The van der Waals surface area contributed by atoms with Gasteiger partial charge in [0.2, 0.25) is 0 Å². The minimum absolute atomic E-state index is 0.297. The Bertz CT molecular complexity index is 357. The van der Waals surface area contributed by atoms with Crippen LogP contribution in [0.2, 0.25) is 0 Å². The smallest absolute Gasteiger partial charge is 0.0663 e. The van der Waals surface area contributed by atoms with Gasteiger partial charge >= 0.3 is 0 Å². The maximum Gasteiger partial charge on any atom is 0.0663 e. The number of hydrogen-bond donors (Lipinski definition) is 1. The molecule has 1 aliphatic heterocycles. The minimum Gasteiger partial charge on any atom is -0.330 e. The number of rotatable bonds is 3. The van der Waals surface area contributed by atoms with Crippen LogP contribution in [0, 0.1) is 5.41 Å². The van der Waals surface area contributed by atoms with Crippen molar-refractivity contribution in [1.29, 1.82) is 0 Å². The van der Waals surface area contributed by atoms with Gasteiger partial charge in [-0.15, -0.1) is 0 Å². The molecular weight excluding hydrogens is 268 g/mol. The van der Waals surface area contributed by atoms with Crippen molar-refractivity contribution in [1.82, 2.24) is 14.7 Å². The number of nitrogens with zero attached hydrogens (tertiary/aromatic N) is 3. The van der Waals surface area contributed by atoms with Crippen molar-refractivity contribution in [3.8, 4) is 0 Å². The van der Waals surface area contributed by atoms with Gasteiger partial charge < -0.3 is 5.73 Å². The molecule has 0 spiro atoms. The third-order valence-corrected chi connectivity index (χ3v) is 4.18. The van der Waals surface area contributed by atoms with Gasteiger partial charge in [0, 0.05) is 20.1 Å². The third kappa shape index (κ3) is 2.31. The molecule has 16 heavy (non-hydrogen) atoms. The summed E-state index contributed by atoms with van der Waals surface area (Å²) in [6.45, 7) is 6.21. The second-order valence-corrected chi connectivity index (χ2v) is 5.89. The van der Waals surface area contributed by atoms with Crippen molar-refractivity contribution >= 4 is 15.9 Å². The summed E-state index contributed by atoms with van der Waals surface area (Å²) in [4.78, 5) is 2.45. The second-order valence-electron chi connectivity index (χ2n) is 5.04. The molecule has 0 bridgehead atoms.